The van der Waals surface area contributed by atoms with Gasteiger partial charge in [0.25, 0.3) is 0 Å². The lowest BCUT2D eigenvalue weighted by atomic mass is 10.3. The predicted octanol–water partition coefficient (Wildman–Crippen LogP) is 3.16. The molecular weight excluding hydrogens is 302 g/mol. The maximum absolute atomic E-state index is 11.6. The minimum Gasteiger partial charge on any atom is -0.463 e. The molecule has 116 valence electrons. The zero-order chi connectivity index (χ0) is 15.1. The van der Waals surface area contributed by atoms with Crippen molar-refractivity contribution in [3.05, 3.63) is 29.5 Å². The number of nitrogens with zero attached hydrogens (tertiary/aromatic N) is 3. The van der Waals surface area contributed by atoms with Gasteiger partial charge >= 0.3 is 5.97 Å². The third kappa shape index (κ3) is 2.54. The zero-order valence-electron chi connectivity index (χ0n) is 12.3. The Morgan fingerprint density at radius 1 is 1.41 bits per heavy atom. The Bertz CT molecular complexity index is 701. The van der Waals surface area contributed by atoms with E-state index in [-0.39, 0.29) is 5.76 Å². The molecule has 0 bridgehead atoms. The molecule has 7 heteroatoms. The Labute approximate surface area is 132 Å². The van der Waals surface area contributed by atoms with Crippen molar-refractivity contribution in [1.82, 2.24) is 14.8 Å². The summed E-state index contributed by atoms with van der Waals surface area (Å²) in [7, 11) is 1.35. The number of aromatic nitrogens is 3. The van der Waals surface area contributed by atoms with E-state index in [1.807, 2.05) is 0 Å². The topological polar surface area (TPSA) is 70.2 Å². The second kappa shape index (κ2) is 5.46. The number of hydrogen-bond donors (Lipinski definition) is 0. The van der Waals surface area contributed by atoms with Gasteiger partial charge in [0.15, 0.2) is 5.16 Å². The lowest BCUT2D eigenvalue weighted by Gasteiger charge is -2.07. The molecule has 2 aliphatic carbocycles. The number of rotatable bonds is 6. The van der Waals surface area contributed by atoms with E-state index in [1.54, 1.807) is 17.8 Å². The van der Waals surface area contributed by atoms with Crippen LogP contribution < -0.4 is 0 Å². The molecule has 2 fully saturated rings. The molecule has 22 heavy (non-hydrogen) atoms. The van der Waals surface area contributed by atoms with Crippen LogP contribution >= 0.6 is 11.8 Å². The van der Waals surface area contributed by atoms with E-state index in [1.165, 1.54) is 39.1 Å². The first-order valence-corrected chi connectivity index (χ1v) is 8.48. The Hall–Kier alpha value is -1.76. The normalized spacial score (nSPS) is 17.7. The van der Waals surface area contributed by atoms with Gasteiger partial charge < -0.3 is 13.7 Å². The molecule has 0 saturated heterocycles. The number of esters is 1. The van der Waals surface area contributed by atoms with Crippen LogP contribution in [0.2, 0.25) is 0 Å². The van der Waals surface area contributed by atoms with Gasteiger partial charge in [0, 0.05) is 23.3 Å². The van der Waals surface area contributed by atoms with Crippen molar-refractivity contribution in [2.75, 3.05) is 7.11 Å². The first kappa shape index (κ1) is 13.9. The Morgan fingerprint density at radius 2 is 2.23 bits per heavy atom. The second-order valence-corrected chi connectivity index (χ2v) is 6.71. The fraction of sp³-hybridized carbons (Fsp3) is 0.533. The third-order valence-corrected chi connectivity index (χ3v) is 5.01. The molecule has 2 aliphatic rings. The quantitative estimate of drug-likeness (QED) is 0.601. The third-order valence-electron chi connectivity index (χ3n) is 4.02. The Morgan fingerprint density at radius 3 is 2.91 bits per heavy atom. The molecule has 0 aromatic carbocycles. The summed E-state index contributed by atoms with van der Waals surface area (Å²) in [5.74, 6) is 2.20. The van der Waals surface area contributed by atoms with Crippen LogP contribution in [0.5, 0.6) is 0 Å². The average molecular weight is 319 g/mol. The average Bonchev–Trinajstić information content (AvgIpc) is 3.46. The monoisotopic (exact) mass is 319 g/mol. The van der Waals surface area contributed by atoms with E-state index in [0.717, 1.165) is 16.5 Å². The molecule has 0 radical (unpaired) electrons. The summed E-state index contributed by atoms with van der Waals surface area (Å²) >= 11 is 1.60. The summed E-state index contributed by atoms with van der Waals surface area (Å²) in [5, 5.41) is 9.70. The number of ether oxygens (including phenoxy) is 1. The van der Waals surface area contributed by atoms with Crippen molar-refractivity contribution in [2.45, 2.75) is 48.6 Å². The molecule has 4 rings (SSSR count). The molecule has 0 aliphatic heterocycles. The summed E-state index contributed by atoms with van der Waals surface area (Å²) in [4.78, 5) is 11.6. The van der Waals surface area contributed by atoms with Crippen molar-refractivity contribution in [2.24, 2.45) is 0 Å². The number of carbonyl (C=O) groups is 1. The minimum atomic E-state index is -0.442. The fourth-order valence-electron chi connectivity index (χ4n) is 2.55. The van der Waals surface area contributed by atoms with Crippen LogP contribution in [0.25, 0.3) is 0 Å². The standard InChI is InChI=1S/C15H17N3O3S/c1-20-14(19)12-10(6-7-21-12)8-22-15-17-16-13(9-2-3-9)18(15)11-4-5-11/h6-7,9,11H,2-5,8H2,1H3. The van der Waals surface area contributed by atoms with Gasteiger partial charge in [-0.3, -0.25) is 0 Å². The van der Waals surface area contributed by atoms with E-state index in [4.69, 9.17) is 9.15 Å². The van der Waals surface area contributed by atoms with Gasteiger partial charge in [0.1, 0.15) is 5.82 Å². The van der Waals surface area contributed by atoms with Gasteiger partial charge in [-0.1, -0.05) is 11.8 Å². The van der Waals surface area contributed by atoms with E-state index >= 15 is 0 Å². The summed E-state index contributed by atoms with van der Waals surface area (Å²) in [6.45, 7) is 0. The molecule has 2 aromatic heterocycles. The summed E-state index contributed by atoms with van der Waals surface area (Å²) in [5.41, 5.74) is 0.829. The lowest BCUT2D eigenvalue weighted by molar-refractivity contribution is 0.0564. The Kier molecular flexibility index (Phi) is 3.44. The number of furan rings is 1. The van der Waals surface area contributed by atoms with Gasteiger partial charge in [-0.15, -0.1) is 10.2 Å². The first-order chi connectivity index (χ1) is 10.8. The van der Waals surface area contributed by atoms with E-state index in [0.29, 0.717) is 17.7 Å². The van der Waals surface area contributed by atoms with Crippen LogP contribution in [0.3, 0.4) is 0 Å². The highest BCUT2D eigenvalue weighted by molar-refractivity contribution is 7.98. The van der Waals surface area contributed by atoms with Crippen molar-refractivity contribution >= 4 is 17.7 Å². The maximum Gasteiger partial charge on any atom is 0.374 e. The molecule has 0 atom stereocenters. The van der Waals surface area contributed by atoms with Crippen molar-refractivity contribution in [1.29, 1.82) is 0 Å². The van der Waals surface area contributed by atoms with Gasteiger partial charge in [-0.05, 0) is 31.7 Å². The highest BCUT2D eigenvalue weighted by Crippen LogP contribution is 2.46. The van der Waals surface area contributed by atoms with Crippen LogP contribution in [-0.4, -0.2) is 27.8 Å². The Balaban J connectivity index is 1.52. The summed E-state index contributed by atoms with van der Waals surface area (Å²) < 4.78 is 12.3. The van der Waals surface area contributed by atoms with Crippen LogP contribution in [0.4, 0.5) is 0 Å². The van der Waals surface area contributed by atoms with Gasteiger partial charge in [0.05, 0.1) is 13.4 Å². The molecule has 0 N–H and O–H groups in total. The summed E-state index contributed by atoms with van der Waals surface area (Å²) in [6, 6.07) is 2.37. The second-order valence-electron chi connectivity index (χ2n) is 5.77. The van der Waals surface area contributed by atoms with E-state index in [9.17, 15) is 4.79 Å². The number of carbonyl (C=O) groups excluding carboxylic acids is 1. The summed E-state index contributed by atoms with van der Waals surface area (Å²) in [6.07, 6.45) is 6.39. The molecule has 0 amide bonds. The van der Waals surface area contributed by atoms with Crippen molar-refractivity contribution < 1.29 is 13.9 Å². The largest absolute Gasteiger partial charge is 0.463 e. The van der Waals surface area contributed by atoms with Crippen LogP contribution in [0, 0.1) is 0 Å². The zero-order valence-corrected chi connectivity index (χ0v) is 13.1. The minimum absolute atomic E-state index is 0.273. The maximum atomic E-state index is 11.6. The molecule has 2 aromatic rings. The lowest BCUT2D eigenvalue weighted by Crippen LogP contribution is -2.04. The SMILES string of the molecule is COC(=O)c1occc1CSc1nnc(C2CC2)n1C1CC1. The van der Waals surface area contributed by atoms with Crippen molar-refractivity contribution in [3.63, 3.8) is 0 Å². The van der Waals surface area contributed by atoms with Gasteiger partial charge in [0.2, 0.25) is 5.76 Å². The molecule has 2 saturated carbocycles. The van der Waals surface area contributed by atoms with Crippen LogP contribution in [-0.2, 0) is 10.5 Å². The predicted molar refractivity (Wildman–Crippen MR) is 79.9 cm³/mol. The van der Waals surface area contributed by atoms with Crippen LogP contribution in [0.15, 0.2) is 21.9 Å². The number of thioether (sulfide) groups is 1. The number of hydrogen-bond acceptors (Lipinski definition) is 6. The van der Waals surface area contributed by atoms with Crippen LogP contribution in [0.1, 0.15) is 59.6 Å². The molecule has 0 spiro atoms. The van der Waals surface area contributed by atoms with E-state index in [2.05, 4.69) is 14.8 Å². The molecule has 2 heterocycles. The van der Waals surface area contributed by atoms with Gasteiger partial charge in [-0.25, -0.2) is 4.79 Å². The molecule has 0 unspecified atom stereocenters. The fourth-order valence-corrected chi connectivity index (χ4v) is 3.54. The molecule has 6 nitrogen and oxygen atoms in total. The van der Waals surface area contributed by atoms with Gasteiger partial charge in [-0.2, -0.15) is 0 Å². The first-order valence-electron chi connectivity index (χ1n) is 7.50. The van der Waals surface area contributed by atoms with Crippen molar-refractivity contribution in [3.8, 4) is 0 Å². The highest BCUT2D eigenvalue weighted by Gasteiger charge is 2.36. The highest BCUT2D eigenvalue weighted by atomic mass is 32.2. The molecular formula is C15H17N3O3S. The smallest absolute Gasteiger partial charge is 0.374 e. The van der Waals surface area contributed by atoms with E-state index < -0.39 is 5.97 Å². The number of methoxy groups -OCH3 is 1.